The monoisotopic (exact) mass is 325 g/mol. The minimum absolute atomic E-state index is 0.186. The molecule has 0 radical (unpaired) electrons. The highest BCUT2D eigenvalue weighted by molar-refractivity contribution is 6.30. The Balaban J connectivity index is 1.78. The Morgan fingerprint density at radius 3 is 2.74 bits per heavy atom. The van der Waals surface area contributed by atoms with Crippen molar-refractivity contribution in [1.29, 1.82) is 5.26 Å². The second-order valence-electron chi connectivity index (χ2n) is 4.93. The van der Waals surface area contributed by atoms with Gasteiger partial charge >= 0.3 is 0 Å². The minimum Gasteiger partial charge on any atom is -0.487 e. The predicted octanol–water partition coefficient (Wildman–Crippen LogP) is 2.99. The number of ether oxygens (including phenoxy) is 1. The van der Waals surface area contributed by atoms with Gasteiger partial charge in [-0.05, 0) is 29.8 Å². The quantitative estimate of drug-likeness (QED) is 0.739. The Labute approximate surface area is 137 Å². The molecule has 0 atom stereocenters. The van der Waals surface area contributed by atoms with Gasteiger partial charge in [-0.25, -0.2) is 4.98 Å². The minimum atomic E-state index is -0.208. The summed E-state index contributed by atoms with van der Waals surface area (Å²) < 4.78 is 7.02. The fourth-order valence-electron chi connectivity index (χ4n) is 2.15. The van der Waals surface area contributed by atoms with Crippen LogP contribution in [0.4, 0.5) is 0 Å². The number of pyridine rings is 1. The molecule has 3 aromatic rings. The van der Waals surface area contributed by atoms with Gasteiger partial charge in [-0.15, -0.1) is 0 Å². The van der Waals surface area contributed by atoms with Gasteiger partial charge in [0.15, 0.2) is 0 Å². The third-order valence-corrected chi connectivity index (χ3v) is 3.49. The van der Waals surface area contributed by atoms with Crippen molar-refractivity contribution in [2.75, 3.05) is 0 Å². The Morgan fingerprint density at radius 2 is 2.00 bits per heavy atom. The third kappa shape index (κ3) is 3.50. The van der Waals surface area contributed by atoms with E-state index >= 15 is 0 Å². The van der Waals surface area contributed by atoms with Crippen LogP contribution in [-0.4, -0.2) is 9.38 Å². The first-order valence-electron chi connectivity index (χ1n) is 6.92. The molecule has 0 saturated heterocycles. The number of aromatic nitrogens is 2. The Bertz CT molecular complexity index is 943. The number of hydrogen-bond donors (Lipinski definition) is 0. The highest BCUT2D eigenvalue weighted by Gasteiger charge is 2.04. The van der Waals surface area contributed by atoms with E-state index in [4.69, 9.17) is 21.6 Å². The van der Waals surface area contributed by atoms with Gasteiger partial charge in [0.2, 0.25) is 0 Å². The maximum atomic E-state index is 12.1. The molecule has 23 heavy (non-hydrogen) atoms. The summed E-state index contributed by atoms with van der Waals surface area (Å²) in [5, 5.41) is 9.12. The number of halogens is 1. The molecule has 2 heterocycles. The molecule has 0 bridgehead atoms. The first kappa shape index (κ1) is 15.1. The van der Waals surface area contributed by atoms with Crippen molar-refractivity contribution in [3.05, 3.63) is 75.3 Å². The van der Waals surface area contributed by atoms with Crippen molar-refractivity contribution in [3.8, 4) is 11.8 Å². The second-order valence-corrected chi connectivity index (χ2v) is 5.37. The van der Waals surface area contributed by atoms with Crippen LogP contribution in [0.25, 0.3) is 5.65 Å². The van der Waals surface area contributed by atoms with Crippen LogP contribution in [0.15, 0.2) is 53.5 Å². The molecule has 5 nitrogen and oxygen atoms in total. The molecule has 3 rings (SSSR count). The van der Waals surface area contributed by atoms with Crippen molar-refractivity contribution in [3.63, 3.8) is 0 Å². The molecule has 0 amide bonds. The smallest absolute Gasteiger partial charge is 0.258 e. The molecule has 0 aliphatic heterocycles. The van der Waals surface area contributed by atoms with E-state index < -0.39 is 0 Å². The molecule has 2 aromatic heterocycles. The summed E-state index contributed by atoms with van der Waals surface area (Å²) in [7, 11) is 0. The molecular weight excluding hydrogens is 314 g/mol. The van der Waals surface area contributed by atoms with Gasteiger partial charge in [0.25, 0.3) is 5.56 Å². The summed E-state index contributed by atoms with van der Waals surface area (Å²) in [6.07, 6.45) is 1.90. The highest BCUT2D eigenvalue weighted by Crippen LogP contribution is 2.14. The molecule has 0 saturated carbocycles. The van der Waals surface area contributed by atoms with Crippen LogP contribution in [0.2, 0.25) is 5.02 Å². The molecule has 0 N–H and O–H groups in total. The maximum absolute atomic E-state index is 12.1. The largest absolute Gasteiger partial charge is 0.487 e. The number of nitriles is 1. The average Bonchev–Trinajstić information content (AvgIpc) is 2.55. The van der Waals surface area contributed by atoms with Gasteiger partial charge in [0.1, 0.15) is 18.0 Å². The zero-order valence-electron chi connectivity index (χ0n) is 12.1. The first-order valence-corrected chi connectivity index (χ1v) is 7.30. The summed E-state index contributed by atoms with van der Waals surface area (Å²) in [4.78, 5) is 16.4. The molecule has 0 unspecified atom stereocenters. The summed E-state index contributed by atoms with van der Waals surface area (Å²) in [6, 6.07) is 14.1. The zero-order chi connectivity index (χ0) is 16.2. The summed E-state index contributed by atoms with van der Waals surface area (Å²) >= 11 is 5.87. The second kappa shape index (κ2) is 6.51. The molecule has 0 spiro atoms. The SMILES string of the molecule is N#CCc1ccc(OCc2cc(=O)n3cc(Cl)ccc3n2)cc1. The van der Waals surface area contributed by atoms with E-state index in [0.29, 0.717) is 28.5 Å². The van der Waals surface area contributed by atoms with E-state index in [1.165, 1.54) is 16.7 Å². The van der Waals surface area contributed by atoms with E-state index in [0.717, 1.165) is 5.56 Å². The van der Waals surface area contributed by atoms with Gasteiger partial charge in [0, 0.05) is 12.3 Å². The van der Waals surface area contributed by atoms with Crippen molar-refractivity contribution in [1.82, 2.24) is 9.38 Å². The molecule has 0 aliphatic rings. The van der Waals surface area contributed by atoms with Crippen LogP contribution in [-0.2, 0) is 13.0 Å². The Morgan fingerprint density at radius 1 is 1.22 bits per heavy atom. The van der Waals surface area contributed by atoms with Crippen LogP contribution >= 0.6 is 11.6 Å². The lowest BCUT2D eigenvalue weighted by Gasteiger charge is -2.07. The molecule has 1 aromatic carbocycles. The van der Waals surface area contributed by atoms with Gasteiger partial charge < -0.3 is 4.74 Å². The fraction of sp³-hybridized carbons (Fsp3) is 0.118. The van der Waals surface area contributed by atoms with Gasteiger partial charge in [0.05, 0.1) is 23.2 Å². The van der Waals surface area contributed by atoms with Crippen molar-refractivity contribution in [2.24, 2.45) is 0 Å². The molecular formula is C17H12ClN3O2. The van der Waals surface area contributed by atoms with Crippen molar-refractivity contribution < 1.29 is 4.74 Å². The normalized spacial score (nSPS) is 10.4. The maximum Gasteiger partial charge on any atom is 0.258 e. The van der Waals surface area contributed by atoms with Crippen LogP contribution in [0.3, 0.4) is 0 Å². The van der Waals surface area contributed by atoms with Gasteiger partial charge in [-0.2, -0.15) is 5.26 Å². The fourth-order valence-corrected chi connectivity index (χ4v) is 2.31. The number of fused-ring (bicyclic) bond motifs is 1. The van der Waals surface area contributed by atoms with Crippen molar-refractivity contribution in [2.45, 2.75) is 13.0 Å². The van der Waals surface area contributed by atoms with Gasteiger partial charge in [-0.3, -0.25) is 9.20 Å². The average molecular weight is 326 g/mol. The topological polar surface area (TPSA) is 67.4 Å². The number of benzene rings is 1. The lowest BCUT2D eigenvalue weighted by atomic mass is 10.2. The van der Waals surface area contributed by atoms with E-state index in [1.54, 1.807) is 24.3 Å². The van der Waals surface area contributed by atoms with E-state index in [9.17, 15) is 4.79 Å². The predicted molar refractivity (Wildman–Crippen MR) is 86.6 cm³/mol. The molecule has 114 valence electrons. The van der Waals surface area contributed by atoms with E-state index in [1.807, 2.05) is 12.1 Å². The number of hydrogen-bond acceptors (Lipinski definition) is 4. The lowest BCUT2D eigenvalue weighted by molar-refractivity contribution is 0.301. The standard InChI is InChI=1S/C17H12ClN3O2/c18-13-3-6-16-20-14(9-17(22)21(16)10-13)11-23-15-4-1-12(2-5-15)7-8-19/h1-6,9-10H,7,11H2. The van der Waals surface area contributed by atoms with Crippen LogP contribution in [0.1, 0.15) is 11.3 Å². The zero-order valence-corrected chi connectivity index (χ0v) is 12.8. The van der Waals surface area contributed by atoms with Crippen LogP contribution in [0.5, 0.6) is 5.75 Å². The Hall–Kier alpha value is -2.84. The number of rotatable bonds is 4. The molecule has 0 fully saturated rings. The Kier molecular flexibility index (Phi) is 4.26. The molecule has 0 aliphatic carbocycles. The number of nitrogens with zero attached hydrogens (tertiary/aromatic N) is 3. The van der Waals surface area contributed by atoms with Crippen LogP contribution in [0, 0.1) is 11.3 Å². The summed E-state index contributed by atoms with van der Waals surface area (Å²) in [5.41, 5.74) is 1.78. The molecule has 6 heteroatoms. The first-order chi connectivity index (χ1) is 11.2. The van der Waals surface area contributed by atoms with E-state index in [2.05, 4.69) is 11.1 Å². The highest BCUT2D eigenvalue weighted by atomic mass is 35.5. The van der Waals surface area contributed by atoms with Crippen molar-refractivity contribution >= 4 is 17.2 Å². The lowest BCUT2D eigenvalue weighted by Crippen LogP contribution is -2.16. The third-order valence-electron chi connectivity index (χ3n) is 3.27. The van der Waals surface area contributed by atoms with E-state index in [-0.39, 0.29) is 12.2 Å². The summed E-state index contributed by atoms with van der Waals surface area (Å²) in [6.45, 7) is 0.186. The van der Waals surface area contributed by atoms with Crippen LogP contribution < -0.4 is 10.3 Å². The van der Waals surface area contributed by atoms with Gasteiger partial charge in [-0.1, -0.05) is 23.7 Å². The summed E-state index contributed by atoms with van der Waals surface area (Å²) in [5.74, 6) is 0.657.